The third kappa shape index (κ3) is 4.09. The minimum Gasteiger partial charge on any atom is -0.317 e. The van der Waals surface area contributed by atoms with E-state index in [4.69, 9.17) is 4.98 Å². The fourth-order valence-electron chi connectivity index (χ4n) is 4.87. The van der Waals surface area contributed by atoms with Crippen molar-refractivity contribution in [3.63, 3.8) is 0 Å². The number of pyridine rings is 1. The van der Waals surface area contributed by atoms with Crippen molar-refractivity contribution in [3.8, 4) is 0 Å². The first-order chi connectivity index (χ1) is 13.2. The summed E-state index contributed by atoms with van der Waals surface area (Å²) in [6.45, 7) is 6.21. The van der Waals surface area contributed by atoms with Crippen LogP contribution < -0.4 is 5.32 Å². The van der Waals surface area contributed by atoms with Crippen LogP contribution in [0.25, 0.3) is 0 Å². The van der Waals surface area contributed by atoms with E-state index in [1.807, 2.05) is 6.20 Å². The second-order valence-electron chi connectivity index (χ2n) is 8.61. The average molecular weight is 368 g/mol. The minimum absolute atomic E-state index is 0.140. The van der Waals surface area contributed by atoms with Crippen molar-refractivity contribution in [2.75, 3.05) is 26.7 Å². The van der Waals surface area contributed by atoms with Crippen molar-refractivity contribution in [1.29, 1.82) is 0 Å². The molecule has 2 aromatic rings. The Morgan fingerprint density at radius 3 is 2.70 bits per heavy atom. The summed E-state index contributed by atoms with van der Waals surface area (Å²) in [6, 6.07) is 4.45. The van der Waals surface area contributed by atoms with Gasteiger partial charge in [0.25, 0.3) is 0 Å². The number of aromatic nitrogens is 3. The Kier molecular flexibility index (Phi) is 5.60. The number of H-pyrrole nitrogens is 1. The summed E-state index contributed by atoms with van der Waals surface area (Å²) >= 11 is 0. The number of fused-ring (bicyclic) bond motifs is 1. The topological polar surface area (TPSA) is 56.8 Å². The van der Waals surface area contributed by atoms with Gasteiger partial charge < -0.3 is 5.32 Å². The van der Waals surface area contributed by atoms with E-state index >= 15 is 0 Å². The van der Waals surface area contributed by atoms with Crippen LogP contribution in [0.5, 0.6) is 0 Å². The van der Waals surface area contributed by atoms with Crippen molar-refractivity contribution >= 4 is 0 Å². The maximum atomic E-state index is 4.83. The Balaban J connectivity index is 1.51. The highest BCUT2D eigenvalue weighted by Crippen LogP contribution is 2.33. The van der Waals surface area contributed by atoms with Crippen LogP contribution in [0.4, 0.5) is 0 Å². The molecule has 0 spiro atoms. The summed E-state index contributed by atoms with van der Waals surface area (Å²) in [4.78, 5) is 7.30. The van der Waals surface area contributed by atoms with Crippen LogP contribution in [0.1, 0.15) is 60.3 Å². The molecule has 4 rings (SSSR count). The smallest absolute Gasteiger partial charge is 0.0796 e. The fraction of sp³-hybridized carbons (Fsp3) is 0.636. The Morgan fingerprint density at radius 1 is 1.11 bits per heavy atom. The monoisotopic (exact) mass is 367 g/mol. The van der Waals surface area contributed by atoms with Gasteiger partial charge in [-0.05, 0) is 82.8 Å². The third-order valence-electron chi connectivity index (χ3n) is 6.40. The molecule has 3 heterocycles. The highest BCUT2D eigenvalue weighted by Gasteiger charge is 2.36. The molecule has 2 aliphatic rings. The lowest BCUT2D eigenvalue weighted by molar-refractivity contribution is 0.190. The molecule has 0 aromatic carbocycles. The molecule has 5 nitrogen and oxygen atoms in total. The van der Waals surface area contributed by atoms with Crippen molar-refractivity contribution < 1.29 is 0 Å². The lowest BCUT2D eigenvalue weighted by atomic mass is 9.75. The Bertz CT molecular complexity index is 743. The molecule has 27 heavy (non-hydrogen) atoms. The molecule has 1 fully saturated rings. The molecule has 0 radical (unpaired) electrons. The molecule has 2 aromatic heterocycles. The van der Waals surface area contributed by atoms with Crippen LogP contribution in [-0.4, -0.2) is 46.8 Å². The van der Waals surface area contributed by atoms with Crippen LogP contribution in [0, 0.1) is 6.92 Å². The maximum absolute atomic E-state index is 4.83. The van der Waals surface area contributed by atoms with E-state index in [0.717, 1.165) is 45.4 Å². The number of hydrogen-bond donors (Lipinski definition) is 2. The van der Waals surface area contributed by atoms with Gasteiger partial charge in [-0.15, -0.1) is 0 Å². The molecule has 2 N–H and O–H groups in total. The zero-order chi connectivity index (χ0) is 18.7. The van der Waals surface area contributed by atoms with Crippen LogP contribution in [0.3, 0.4) is 0 Å². The molecular weight excluding hydrogens is 334 g/mol. The lowest BCUT2D eigenvalue weighted by Crippen LogP contribution is -2.47. The quantitative estimate of drug-likeness (QED) is 0.797. The summed E-state index contributed by atoms with van der Waals surface area (Å²) in [5.41, 5.74) is 6.76. The molecule has 0 bridgehead atoms. The second-order valence-corrected chi connectivity index (χ2v) is 8.61. The predicted molar refractivity (Wildman–Crippen MR) is 109 cm³/mol. The molecule has 0 amide bonds. The van der Waals surface area contributed by atoms with E-state index in [0.29, 0.717) is 0 Å². The fourth-order valence-corrected chi connectivity index (χ4v) is 4.87. The third-order valence-corrected chi connectivity index (χ3v) is 6.40. The van der Waals surface area contributed by atoms with E-state index in [1.54, 1.807) is 0 Å². The Hall–Kier alpha value is -1.72. The van der Waals surface area contributed by atoms with Crippen molar-refractivity contribution in [2.45, 2.75) is 63.8 Å². The van der Waals surface area contributed by atoms with Gasteiger partial charge in [0.1, 0.15) is 0 Å². The predicted octanol–water partition coefficient (Wildman–Crippen LogP) is 3.14. The maximum Gasteiger partial charge on any atom is 0.0796 e. The normalized spacial score (nSPS) is 19.7. The van der Waals surface area contributed by atoms with Gasteiger partial charge in [0.15, 0.2) is 0 Å². The number of piperidine rings is 1. The number of aryl methyl sites for hydroxylation is 2. The number of likely N-dealkylation sites (N-methyl/N-ethyl adjacent to an activating group) is 1. The summed E-state index contributed by atoms with van der Waals surface area (Å²) in [7, 11) is 2.25. The molecule has 1 saturated heterocycles. The first kappa shape index (κ1) is 18.6. The number of nitrogens with one attached hydrogen (secondary N) is 2. The first-order valence-electron chi connectivity index (χ1n) is 10.5. The average Bonchev–Trinajstić information content (AvgIpc) is 2.89. The zero-order valence-electron chi connectivity index (χ0n) is 16.9. The highest BCUT2D eigenvalue weighted by atomic mass is 15.2. The first-order valence-corrected chi connectivity index (χ1v) is 10.5. The minimum atomic E-state index is 0.140. The molecule has 5 heteroatoms. The number of nitrogens with zero attached hydrogens (tertiary/aromatic N) is 3. The molecular formula is C22H33N5. The molecule has 1 aliphatic carbocycles. The zero-order valence-corrected chi connectivity index (χ0v) is 16.9. The van der Waals surface area contributed by atoms with Gasteiger partial charge in [-0.3, -0.25) is 15.0 Å². The number of aromatic amines is 1. The summed E-state index contributed by atoms with van der Waals surface area (Å²) in [6.07, 6.45) is 10.6. The van der Waals surface area contributed by atoms with E-state index in [-0.39, 0.29) is 5.41 Å². The van der Waals surface area contributed by atoms with E-state index in [1.165, 1.54) is 53.9 Å². The van der Waals surface area contributed by atoms with Gasteiger partial charge in [0, 0.05) is 36.1 Å². The summed E-state index contributed by atoms with van der Waals surface area (Å²) in [5, 5.41) is 11.5. The molecule has 0 unspecified atom stereocenters. The van der Waals surface area contributed by atoms with Crippen LogP contribution >= 0.6 is 0 Å². The standard InChI is InChI=1S/C22H33N5/c1-17-8-9-21(24-14-17)22(10-12-23-13-11-22)16-27(2)15-20-18-6-4-3-5-7-19(18)25-26-20/h8-9,14,23H,3-7,10-13,15-16H2,1-2H3,(H,25,26). The van der Waals surface area contributed by atoms with Crippen LogP contribution in [0.2, 0.25) is 0 Å². The number of rotatable bonds is 5. The lowest BCUT2D eigenvalue weighted by Gasteiger charge is -2.40. The van der Waals surface area contributed by atoms with E-state index < -0.39 is 0 Å². The van der Waals surface area contributed by atoms with E-state index in [9.17, 15) is 0 Å². The Morgan fingerprint density at radius 2 is 1.93 bits per heavy atom. The van der Waals surface area contributed by atoms with Gasteiger partial charge in [-0.1, -0.05) is 12.5 Å². The van der Waals surface area contributed by atoms with Gasteiger partial charge in [0.2, 0.25) is 0 Å². The molecule has 0 atom stereocenters. The second kappa shape index (κ2) is 8.11. The van der Waals surface area contributed by atoms with Crippen molar-refractivity contribution in [1.82, 2.24) is 25.4 Å². The van der Waals surface area contributed by atoms with Crippen molar-refractivity contribution in [3.05, 3.63) is 46.5 Å². The molecule has 1 aliphatic heterocycles. The van der Waals surface area contributed by atoms with E-state index in [2.05, 4.69) is 46.5 Å². The largest absolute Gasteiger partial charge is 0.317 e. The summed E-state index contributed by atoms with van der Waals surface area (Å²) in [5.74, 6) is 0. The highest BCUT2D eigenvalue weighted by molar-refractivity contribution is 5.27. The van der Waals surface area contributed by atoms with Crippen LogP contribution in [0.15, 0.2) is 18.3 Å². The van der Waals surface area contributed by atoms with Crippen molar-refractivity contribution in [2.24, 2.45) is 0 Å². The van der Waals surface area contributed by atoms with Gasteiger partial charge in [0.05, 0.1) is 5.69 Å². The van der Waals surface area contributed by atoms with Gasteiger partial charge >= 0.3 is 0 Å². The van der Waals surface area contributed by atoms with Crippen LogP contribution in [-0.2, 0) is 24.8 Å². The Labute approximate surface area is 163 Å². The van der Waals surface area contributed by atoms with Gasteiger partial charge in [-0.25, -0.2) is 0 Å². The summed E-state index contributed by atoms with van der Waals surface area (Å²) < 4.78 is 0. The number of hydrogen-bond acceptors (Lipinski definition) is 4. The molecule has 146 valence electrons. The molecule has 0 saturated carbocycles. The van der Waals surface area contributed by atoms with Gasteiger partial charge in [-0.2, -0.15) is 5.10 Å². The SMILES string of the molecule is Cc1ccc(C2(CN(C)Cc3n[nH]c4c3CCCCC4)CCNCC2)nc1.